The number of amides is 1. The molecule has 0 aliphatic heterocycles. The van der Waals surface area contributed by atoms with Crippen molar-refractivity contribution in [1.29, 1.82) is 0 Å². The van der Waals surface area contributed by atoms with E-state index in [4.69, 9.17) is 18.9 Å². The monoisotopic (exact) mass is 405 g/mol. The number of rotatable bonds is 10. The number of thioether (sulfide) groups is 1. The fourth-order valence-corrected chi connectivity index (χ4v) is 3.35. The van der Waals surface area contributed by atoms with E-state index in [9.17, 15) is 4.79 Å². The van der Waals surface area contributed by atoms with Crippen LogP contribution in [-0.2, 0) is 4.79 Å². The van der Waals surface area contributed by atoms with E-state index in [1.807, 2.05) is 56.3 Å². The summed E-state index contributed by atoms with van der Waals surface area (Å²) in [6, 6.07) is 12.8. The topological polar surface area (TPSA) is 66.0 Å². The van der Waals surface area contributed by atoms with Crippen LogP contribution in [0.15, 0.2) is 47.4 Å². The van der Waals surface area contributed by atoms with E-state index in [1.54, 1.807) is 21.3 Å². The smallest absolute Gasteiger partial charge is 0.233 e. The van der Waals surface area contributed by atoms with Gasteiger partial charge in [0.25, 0.3) is 0 Å². The quantitative estimate of drug-likeness (QED) is 0.607. The van der Waals surface area contributed by atoms with Gasteiger partial charge in [0.05, 0.1) is 32.6 Å². The Bertz CT molecular complexity index is 766. The molecule has 2 aromatic carbocycles. The molecule has 0 saturated carbocycles. The van der Waals surface area contributed by atoms with E-state index in [0.29, 0.717) is 18.1 Å². The number of methoxy groups -OCH3 is 3. The molecule has 0 radical (unpaired) electrons. The molecule has 1 amide bonds. The lowest BCUT2D eigenvalue weighted by Gasteiger charge is -2.18. The number of nitrogens with one attached hydrogen (secondary N) is 1. The van der Waals surface area contributed by atoms with Gasteiger partial charge in [0.15, 0.2) is 11.5 Å². The molecule has 28 heavy (non-hydrogen) atoms. The lowest BCUT2D eigenvalue weighted by molar-refractivity contribution is -0.121. The number of hydrogen-bond donors (Lipinski definition) is 1. The maximum Gasteiger partial charge on any atom is 0.233 e. The predicted molar refractivity (Wildman–Crippen MR) is 111 cm³/mol. The van der Waals surface area contributed by atoms with Gasteiger partial charge in [-0.1, -0.05) is 0 Å². The second-order valence-corrected chi connectivity index (χ2v) is 7.59. The van der Waals surface area contributed by atoms with Crippen LogP contribution < -0.4 is 24.3 Å². The molecule has 7 heteroatoms. The minimum Gasteiger partial charge on any atom is -0.497 e. The van der Waals surface area contributed by atoms with Crippen LogP contribution in [0.1, 0.15) is 13.8 Å². The fourth-order valence-electron chi connectivity index (χ4n) is 2.44. The van der Waals surface area contributed by atoms with Gasteiger partial charge < -0.3 is 24.3 Å². The van der Waals surface area contributed by atoms with E-state index < -0.39 is 0 Å². The van der Waals surface area contributed by atoms with Crippen molar-refractivity contribution >= 4 is 17.7 Å². The summed E-state index contributed by atoms with van der Waals surface area (Å²) in [5.74, 6) is 2.75. The van der Waals surface area contributed by atoms with E-state index >= 15 is 0 Å². The molecule has 152 valence electrons. The third-order valence-corrected chi connectivity index (χ3v) is 5.08. The highest BCUT2D eigenvalue weighted by Crippen LogP contribution is 2.33. The normalized spacial score (nSPS) is 12.6. The third-order valence-electron chi connectivity index (χ3n) is 3.99. The summed E-state index contributed by atoms with van der Waals surface area (Å²) < 4.78 is 21.4. The van der Waals surface area contributed by atoms with Crippen molar-refractivity contribution in [3.8, 4) is 23.0 Å². The Morgan fingerprint density at radius 1 is 0.929 bits per heavy atom. The minimum absolute atomic E-state index is 0.0504. The SMILES string of the molecule is COc1ccc(OC[C@H](C)NC(=O)[C@@H](C)Sc2ccc(OC)c(OC)c2)cc1. The summed E-state index contributed by atoms with van der Waals surface area (Å²) in [5, 5.41) is 2.72. The van der Waals surface area contributed by atoms with Crippen LogP contribution in [-0.4, -0.2) is 45.1 Å². The summed E-state index contributed by atoms with van der Waals surface area (Å²) in [4.78, 5) is 13.4. The highest BCUT2D eigenvalue weighted by atomic mass is 32.2. The van der Waals surface area contributed by atoms with E-state index in [0.717, 1.165) is 16.4 Å². The van der Waals surface area contributed by atoms with E-state index in [-0.39, 0.29) is 17.2 Å². The lowest BCUT2D eigenvalue weighted by Crippen LogP contribution is -2.40. The van der Waals surface area contributed by atoms with Gasteiger partial charge in [-0.2, -0.15) is 0 Å². The first-order valence-electron chi connectivity index (χ1n) is 8.92. The standard InChI is InChI=1S/C21H27NO5S/c1-14(13-27-17-8-6-16(24-3)7-9-17)22-21(23)15(2)28-18-10-11-19(25-4)20(12-18)26-5/h6-12,14-15H,13H2,1-5H3,(H,22,23)/t14-,15+/m0/s1. The molecular weight excluding hydrogens is 378 g/mol. The molecule has 2 atom stereocenters. The van der Waals surface area contributed by atoms with Gasteiger partial charge in [0, 0.05) is 4.90 Å². The first-order valence-corrected chi connectivity index (χ1v) is 9.80. The van der Waals surface area contributed by atoms with Crippen LogP contribution in [0.3, 0.4) is 0 Å². The molecular formula is C21H27NO5S. The zero-order chi connectivity index (χ0) is 20.5. The van der Waals surface area contributed by atoms with Crippen molar-refractivity contribution in [3.63, 3.8) is 0 Å². The molecule has 2 aromatic rings. The molecule has 0 unspecified atom stereocenters. The molecule has 0 aliphatic rings. The Kier molecular flexibility index (Phi) is 8.32. The van der Waals surface area contributed by atoms with Gasteiger partial charge in [-0.25, -0.2) is 0 Å². The molecule has 0 aliphatic carbocycles. The third kappa shape index (κ3) is 6.27. The largest absolute Gasteiger partial charge is 0.497 e. The zero-order valence-corrected chi connectivity index (χ0v) is 17.7. The van der Waals surface area contributed by atoms with Gasteiger partial charge in [-0.05, 0) is 56.3 Å². The highest BCUT2D eigenvalue weighted by molar-refractivity contribution is 8.00. The van der Waals surface area contributed by atoms with E-state index in [2.05, 4.69) is 5.32 Å². The summed E-state index contributed by atoms with van der Waals surface area (Å²) in [6.45, 7) is 4.16. The number of carbonyl (C=O) groups excluding carboxylic acids is 1. The van der Waals surface area contributed by atoms with Crippen molar-refractivity contribution in [3.05, 3.63) is 42.5 Å². The van der Waals surface area contributed by atoms with Crippen molar-refractivity contribution in [2.24, 2.45) is 0 Å². The average molecular weight is 406 g/mol. The van der Waals surface area contributed by atoms with Crippen LogP contribution in [0.5, 0.6) is 23.0 Å². The van der Waals surface area contributed by atoms with Crippen LogP contribution >= 0.6 is 11.8 Å². The first-order chi connectivity index (χ1) is 13.5. The van der Waals surface area contributed by atoms with Crippen molar-refractivity contribution in [1.82, 2.24) is 5.32 Å². The number of benzene rings is 2. The molecule has 0 aromatic heterocycles. The van der Waals surface area contributed by atoms with Crippen molar-refractivity contribution < 1.29 is 23.7 Å². The Labute approximate surface area is 170 Å². The number of hydrogen-bond acceptors (Lipinski definition) is 6. The Morgan fingerprint density at radius 3 is 2.18 bits per heavy atom. The van der Waals surface area contributed by atoms with Gasteiger partial charge in [-0.3, -0.25) is 4.79 Å². The Hall–Kier alpha value is -2.54. The molecule has 0 heterocycles. The molecule has 1 N–H and O–H groups in total. The summed E-state index contributed by atoms with van der Waals surface area (Å²) in [7, 11) is 4.80. The van der Waals surface area contributed by atoms with Gasteiger partial charge >= 0.3 is 0 Å². The summed E-state index contributed by atoms with van der Waals surface area (Å²) in [5.41, 5.74) is 0. The lowest BCUT2D eigenvalue weighted by atomic mass is 10.3. The van der Waals surface area contributed by atoms with Crippen LogP contribution in [0.25, 0.3) is 0 Å². The highest BCUT2D eigenvalue weighted by Gasteiger charge is 2.18. The molecule has 2 rings (SSSR count). The Morgan fingerprint density at radius 2 is 1.57 bits per heavy atom. The summed E-state index contributed by atoms with van der Waals surface area (Å²) in [6.07, 6.45) is 0. The predicted octanol–water partition coefficient (Wildman–Crippen LogP) is 3.78. The molecule has 0 spiro atoms. The van der Waals surface area contributed by atoms with Gasteiger partial charge in [0.2, 0.25) is 5.91 Å². The van der Waals surface area contributed by atoms with Crippen LogP contribution in [0.2, 0.25) is 0 Å². The molecule has 0 bridgehead atoms. The second kappa shape index (κ2) is 10.7. The van der Waals surface area contributed by atoms with Gasteiger partial charge in [-0.15, -0.1) is 11.8 Å². The minimum atomic E-state index is -0.262. The fraction of sp³-hybridized carbons (Fsp3) is 0.381. The van der Waals surface area contributed by atoms with Gasteiger partial charge in [0.1, 0.15) is 18.1 Å². The molecule has 0 saturated heterocycles. The second-order valence-electron chi connectivity index (χ2n) is 6.17. The van der Waals surface area contributed by atoms with Crippen LogP contribution in [0, 0.1) is 0 Å². The number of ether oxygens (including phenoxy) is 4. The Balaban J connectivity index is 1.83. The average Bonchev–Trinajstić information content (AvgIpc) is 2.72. The van der Waals surface area contributed by atoms with E-state index in [1.165, 1.54) is 11.8 Å². The van der Waals surface area contributed by atoms with Crippen molar-refractivity contribution in [2.75, 3.05) is 27.9 Å². The molecule has 0 fully saturated rings. The maximum absolute atomic E-state index is 12.5. The maximum atomic E-state index is 12.5. The number of carbonyl (C=O) groups is 1. The molecule has 6 nitrogen and oxygen atoms in total. The zero-order valence-electron chi connectivity index (χ0n) is 16.9. The van der Waals surface area contributed by atoms with Crippen LogP contribution in [0.4, 0.5) is 0 Å². The van der Waals surface area contributed by atoms with Crippen molar-refractivity contribution in [2.45, 2.75) is 30.0 Å². The first kappa shape index (κ1) is 21.8. The summed E-state index contributed by atoms with van der Waals surface area (Å²) >= 11 is 1.46.